The zero-order valence-corrected chi connectivity index (χ0v) is 13.7. The highest BCUT2D eigenvalue weighted by Gasteiger charge is 2.30. The van der Waals surface area contributed by atoms with Gasteiger partial charge in [-0.3, -0.25) is 4.90 Å². The quantitative estimate of drug-likeness (QED) is 0.899. The molecule has 0 radical (unpaired) electrons. The molecule has 118 valence electrons. The van der Waals surface area contributed by atoms with Crippen LogP contribution in [0.3, 0.4) is 0 Å². The Morgan fingerprint density at radius 2 is 1.81 bits per heavy atom. The van der Waals surface area contributed by atoms with Crippen LogP contribution in [0.5, 0.6) is 5.75 Å². The van der Waals surface area contributed by atoms with Gasteiger partial charge in [0.25, 0.3) is 0 Å². The van der Waals surface area contributed by atoms with Crippen molar-refractivity contribution in [1.82, 2.24) is 4.90 Å². The zero-order valence-electron chi connectivity index (χ0n) is 13.7. The second-order valence-corrected chi connectivity index (χ2v) is 6.45. The maximum atomic E-state index is 10.7. The molecule has 1 N–H and O–H groups in total. The van der Waals surface area contributed by atoms with E-state index >= 15 is 0 Å². The van der Waals surface area contributed by atoms with Crippen molar-refractivity contribution in [2.75, 3.05) is 14.2 Å². The first kappa shape index (κ1) is 16.3. The molecule has 1 aliphatic carbocycles. The van der Waals surface area contributed by atoms with E-state index in [0.29, 0.717) is 12.0 Å². The number of hydrogen-bond acceptors (Lipinski definition) is 3. The third-order valence-electron chi connectivity index (χ3n) is 5.15. The highest BCUT2D eigenvalue weighted by molar-refractivity contribution is 5.29. The van der Waals surface area contributed by atoms with Crippen molar-refractivity contribution in [3.05, 3.63) is 29.8 Å². The number of aliphatic hydroxyl groups excluding tert-OH is 1. The van der Waals surface area contributed by atoms with Crippen LogP contribution in [0.4, 0.5) is 0 Å². The Balaban J connectivity index is 2.04. The fourth-order valence-electron chi connectivity index (χ4n) is 3.51. The minimum Gasteiger partial charge on any atom is -0.497 e. The second kappa shape index (κ2) is 7.28. The summed E-state index contributed by atoms with van der Waals surface area (Å²) >= 11 is 0. The molecule has 4 atom stereocenters. The maximum Gasteiger partial charge on any atom is 0.118 e. The number of aliphatic hydroxyl groups is 1. The predicted molar refractivity (Wildman–Crippen MR) is 86.6 cm³/mol. The molecule has 3 heteroatoms. The summed E-state index contributed by atoms with van der Waals surface area (Å²) in [5.41, 5.74) is 0.957. The van der Waals surface area contributed by atoms with Crippen LogP contribution < -0.4 is 4.74 Å². The monoisotopic (exact) mass is 291 g/mol. The SMILES string of the molecule is COc1ccc(C(O)C(C)N(C)C2CCCCC2C)cc1. The van der Waals surface area contributed by atoms with Gasteiger partial charge in [-0.1, -0.05) is 31.9 Å². The minimum atomic E-state index is -0.463. The lowest BCUT2D eigenvalue weighted by molar-refractivity contribution is 0.0225. The highest BCUT2D eigenvalue weighted by atomic mass is 16.5. The van der Waals surface area contributed by atoms with Crippen LogP contribution in [0.2, 0.25) is 0 Å². The van der Waals surface area contributed by atoms with Crippen LogP contribution in [-0.4, -0.2) is 36.2 Å². The number of nitrogens with zero attached hydrogens (tertiary/aromatic N) is 1. The van der Waals surface area contributed by atoms with Crippen LogP contribution in [0.1, 0.15) is 51.2 Å². The largest absolute Gasteiger partial charge is 0.497 e. The van der Waals surface area contributed by atoms with Crippen LogP contribution >= 0.6 is 0 Å². The normalized spacial score (nSPS) is 25.6. The first-order valence-electron chi connectivity index (χ1n) is 8.08. The lowest BCUT2D eigenvalue weighted by atomic mass is 9.84. The van der Waals surface area contributed by atoms with Crippen molar-refractivity contribution in [3.8, 4) is 5.75 Å². The molecular formula is C18H29NO2. The van der Waals surface area contributed by atoms with Crippen LogP contribution in [0.15, 0.2) is 24.3 Å². The van der Waals surface area contributed by atoms with E-state index in [1.54, 1.807) is 7.11 Å². The Kier molecular flexibility index (Phi) is 5.65. The number of rotatable bonds is 5. The molecule has 0 bridgehead atoms. The van der Waals surface area contributed by atoms with E-state index in [2.05, 4.69) is 25.8 Å². The van der Waals surface area contributed by atoms with Gasteiger partial charge in [0.15, 0.2) is 0 Å². The Bertz CT molecular complexity index is 431. The average molecular weight is 291 g/mol. The standard InChI is InChI=1S/C18H29NO2/c1-13-7-5-6-8-17(13)19(3)14(2)18(20)15-9-11-16(21-4)12-10-15/h9-14,17-18,20H,5-8H2,1-4H3. The van der Waals surface area contributed by atoms with Crippen molar-refractivity contribution in [1.29, 1.82) is 0 Å². The molecule has 1 saturated carbocycles. The number of ether oxygens (including phenoxy) is 1. The fraction of sp³-hybridized carbons (Fsp3) is 0.667. The van der Waals surface area contributed by atoms with Gasteiger partial charge in [0, 0.05) is 12.1 Å². The fourth-order valence-corrected chi connectivity index (χ4v) is 3.51. The van der Waals surface area contributed by atoms with Gasteiger partial charge in [0.2, 0.25) is 0 Å². The zero-order chi connectivity index (χ0) is 15.4. The second-order valence-electron chi connectivity index (χ2n) is 6.45. The van der Waals surface area contributed by atoms with Crippen molar-refractivity contribution in [2.45, 2.75) is 57.7 Å². The van der Waals surface area contributed by atoms with E-state index in [0.717, 1.165) is 11.3 Å². The Morgan fingerprint density at radius 1 is 1.19 bits per heavy atom. The smallest absolute Gasteiger partial charge is 0.118 e. The molecular weight excluding hydrogens is 262 g/mol. The predicted octanol–water partition coefficient (Wildman–Crippen LogP) is 3.63. The Labute approximate surface area is 128 Å². The van der Waals surface area contributed by atoms with Gasteiger partial charge in [-0.25, -0.2) is 0 Å². The molecule has 1 fully saturated rings. The molecule has 21 heavy (non-hydrogen) atoms. The lowest BCUT2D eigenvalue weighted by Gasteiger charge is -2.41. The average Bonchev–Trinajstić information content (AvgIpc) is 2.53. The van der Waals surface area contributed by atoms with Gasteiger partial charge >= 0.3 is 0 Å². The Morgan fingerprint density at radius 3 is 2.38 bits per heavy atom. The molecule has 0 amide bonds. The molecule has 0 heterocycles. The molecule has 1 aliphatic rings. The summed E-state index contributed by atoms with van der Waals surface area (Å²) in [5.74, 6) is 1.54. The summed E-state index contributed by atoms with van der Waals surface area (Å²) in [6.07, 6.45) is 4.75. The van der Waals surface area contributed by atoms with E-state index in [-0.39, 0.29) is 6.04 Å². The molecule has 3 nitrogen and oxygen atoms in total. The minimum absolute atomic E-state index is 0.115. The van der Waals surface area contributed by atoms with Gasteiger partial charge in [0.1, 0.15) is 5.75 Å². The van der Waals surface area contributed by atoms with E-state index in [9.17, 15) is 5.11 Å². The highest BCUT2D eigenvalue weighted by Crippen LogP contribution is 2.31. The molecule has 0 saturated heterocycles. The van der Waals surface area contributed by atoms with Crippen molar-refractivity contribution in [2.24, 2.45) is 5.92 Å². The molecule has 4 unspecified atom stereocenters. The summed E-state index contributed by atoms with van der Waals surface area (Å²) in [5, 5.41) is 10.7. The topological polar surface area (TPSA) is 32.7 Å². The summed E-state index contributed by atoms with van der Waals surface area (Å²) in [6, 6.07) is 8.44. The molecule has 0 aliphatic heterocycles. The molecule has 1 aromatic carbocycles. The Hall–Kier alpha value is -1.06. The molecule has 2 rings (SSSR count). The van der Waals surface area contributed by atoms with E-state index in [1.165, 1.54) is 25.7 Å². The summed E-state index contributed by atoms with van der Waals surface area (Å²) in [6.45, 7) is 4.46. The summed E-state index contributed by atoms with van der Waals surface area (Å²) in [4.78, 5) is 2.37. The first-order valence-corrected chi connectivity index (χ1v) is 8.08. The van der Waals surface area contributed by atoms with Crippen molar-refractivity contribution < 1.29 is 9.84 Å². The maximum absolute atomic E-state index is 10.7. The summed E-state index contributed by atoms with van der Waals surface area (Å²) < 4.78 is 5.17. The van der Waals surface area contributed by atoms with Crippen molar-refractivity contribution in [3.63, 3.8) is 0 Å². The van der Waals surface area contributed by atoms with E-state index < -0.39 is 6.10 Å². The molecule has 0 spiro atoms. The van der Waals surface area contributed by atoms with Gasteiger partial charge in [0.05, 0.1) is 13.2 Å². The van der Waals surface area contributed by atoms with Crippen LogP contribution in [-0.2, 0) is 0 Å². The third-order valence-corrected chi connectivity index (χ3v) is 5.15. The van der Waals surface area contributed by atoms with Gasteiger partial charge in [-0.15, -0.1) is 0 Å². The number of hydrogen-bond donors (Lipinski definition) is 1. The summed E-state index contributed by atoms with van der Waals surface area (Å²) in [7, 11) is 3.82. The molecule has 0 aromatic heterocycles. The number of likely N-dealkylation sites (N-methyl/N-ethyl adjacent to an activating group) is 1. The molecule has 1 aromatic rings. The first-order chi connectivity index (χ1) is 10.0. The van der Waals surface area contributed by atoms with Gasteiger partial charge < -0.3 is 9.84 Å². The van der Waals surface area contributed by atoms with Crippen LogP contribution in [0.25, 0.3) is 0 Å². The van der Waals surface area contributed by atoms with Crippen LogP contribution in [0, 0.1) is 5.92 Å². The number of methoxy groups -OCH3 is 1. The van der Waals surface area contributed by atoms with Crippen molar-refractivity contribution >= 4 is 0 Å². The van der Waals surface area contributed by atoms with Gasteiger partial charge in [-0.2, -0.15) is 0 Å². The van der Waals surface area contributed by atoms with E-state index in [1.807, 2.05) is 24.3 Å². The lowest BCUT2D eigenvalue weighted by Crippen LogP contribution is -2.46. The van der Waals surface area contributed by atoms with E-state index in [4.69, 9.17) is 4.74 Å². The number of benzene rings is 1. The third kappa shape index (κ3) is 3.78. The van der Waals surface area contributed by atoms with Gasteiger partial charge in [-0.05, 0) is 50.4 Å².